The third-order valence-corrected chi connectivity index (χ3v) is 1.15. The SMILES string of the molecule is C=Cc1c[nH]cc(F)c1=O. The summed E-state index contributed by atoms with van der Waals surface area (Å²) in [6, 6.07) is 0. The fourth-order valence-corrected chi connectivity index (χ4v) is 0.625. The lowest BCUT2D eigenvalue weighted by Gasteiger charge is -1.89. The quantitative estimate of drug-likeness (QED) is 0.622. The Kier molecular flexibility index (Phi) is 1.67. The van der Waals surface area contributed by atoms with Crippen molar-refractivity contribution in [2.75, 3.05) is 0 Å². The molecule has 1 rings (SSSR count). The van der Waals surface area contributed by atoms with Crippen LogP contribution in [0.25, 0.3) is 6.08 Å². The second-order valence-corrected chi connectivity index (χ2v) is 1.79. The summed E-state index contributed by atoms with van der Waals surface area (Å²) in [6.45, 7) is 3.35. The number of hydrogen-bond donors (Lipinski definition) is 1. The molecular weight excluding hydrogens is 133 g/mol. The zero-order valence-electron chi connectivity index (χ0n) is 5.23. The van der Waals surface area contributed by atoms with Gasteiger partial charge in [-0.05, 0) is 0 Å². The molecule has 0 bridgehead atoms. The van der Waals surface area contributed by atoms with E-state index in [0.29, 0.717) is 0 Å². The highest BCUT2D eigenvalue weighted by Gasteiger charge is 1.98. The van der Waals surface area contributed by atoms with Crippen LogP contribution in [-0.2, 0) is 0 Å². The lowest BCUT2D eigenvalue weighted by Crippen LogP contribution is -2.09. The first kappa shape index (κ1) is 6.74. The van der Waals surface area contributed by atoms with Crippen LogP contribution in [0, 0.1) is 5.82 Å². The summed E-state index contributed by atoms with van der Waals surface area (Å²) in [6.07, 6.45) is 3.72. The molecule has 0 spiro atoms. The molecule has 1 aromatic rings. The predicted octanol–water partition coefficient (Wildman–Crippen LogP) is 1.16. The highest BCUT2D eigenvalue weighted by atomic mass is 19.1. The summed E-state index contributed by atoms with van der Waals surface area (Å²) in [7, 11) is 0. The Morgan fingerprint density at radius 1 is 1.60 bits per heavy atom. The van der Waals surface area contributed by atoms with Crippen LogP contribution in [0.3, 0.4) is 0 Å². The fraction of sp³-hybridized carbons (Fsp3) is 0. The molecule has 0 atom stereocenters. The summed E-state index contributed by atoms with van der Waals surface area (Å²) in [5.74, 6) is -0.780. The van der Waals surface area contributed by atoms with Gasteiger partial charge in [-0.25, -0.2) is 4.39 Å². The molecule has 0 amide bonds. The zero-order valence-corrected chi connectivity index (χ0v) is 5.23. The van der Waals surface area contributed by atoms with Crippen molar-refractivity contribution >= 4 is 6.08 Å². The van der Waals surface area contributed by atoms with Gasteiger partial charge in [-0.2, -0.15) is 0 Å². The van der Waals surface area contributed by atoms with Crippen molar-refractivity contribution < 1.29 is 4.39 Å². The van der Waals surface area contributed by atoms with Gasteiger partial charge in [0.15, 0.2) is 5.82 Å². The number of nitrogens with one attached hydrogen (secondary N) is 1. The van der Waals surface area contributed by atoms with Crippen LogP contribution in [0.4, 0.5) is 4.39 Å². The monoisotopic (exact) mass is 139 g/mol. The normalized spacial score (nSPS) is 9.30. The topological polar surface area (TPSA) is 32.9 Å². The maximum atomic E-state index is 12.4. The van der Waals surface area contributed by atoms with Gasteiger partial charge in [-0.3, -0.25) is 4.79 Å². The first-order valence-corrected chi connectivity index (χ1v) is 2.74. The van der Waals surface area contributed by atoms with Crippen molar-refractivity contribution in [3.8, 4) is 0 Å². The molecule has 0 fully saturated rings. The Morgan fingerprint density at radius 3 is 2.80 bits per heavy atom. The Bertz CT molecular complexity index is 303. The van der Waals surface area contributed by atoms with Gasteiger partial charge in [0.05, 0.1) is 0 Å². The van der Waals surface area contributed by atoms with Crippen molar-refractivity contribution in [2.45, 2.75) is 0 Å². The Hall–Kier alpha value is -1.38. The number of hydrogen-bond acceptors (Lipinski definition) is 1. The largest absolute Gasteiger partial charge is 0.364 e. The van der Waals surface area contributed by atoms with Gasteiger partial charge in [0.25, 0.3) is 0 Å². The van der Waals surface area contributed by atoms with Crippen LogP contribution in [0.15, 0.2) is 23.8 Å². The average molecular weight is 139 g/mol. The molecule has 0 saturated carbocycles. The van der Waals surface area contributed by atoms with E-state index >= 15 is 0 Å². The lowest BCUT2D eigenvalue weighted by molar-refractivity contribution is 0.610. The number of rotatable bonds is 1. The maximum absolute atomic E-state index is 12.4. The Labute approximate surface area is 57.0 Å². The van der Waals surface area contributed by atoms with Gasteiger partial charge in [-0.15, -0.1) is 0 Å². The molecule has 10 heavy (non-hydrogen) atoms. The van der Waals surface area contributed by atoms with Crippen LogP contribution in [0.2, 0.25) is 0 Å². The van der Waals surface area contributed by atoms with Gasteiger partial charge in [0, 0.05) is 18.0 Å². The first-order chi connectivity index (χ1) is 4.75. The summed E-state index contributed by atoms with van der Waals surface area (Å²) >= 11 is 0. The van der Waals surface area contributed by atoms with Gasteiger partial charge in [-0.1, -0.05) is 12.7 Å². The van der Waals surface area contributed by atoms with E-state index in [1.54, 1.807) is 0 Å². The molecule has 0 saturated heterocycles. The molecule has 3 heteroatoms. The van der Waals surface area contributed by atoms with Gasteiger partial charge < -0.3 is 4.98 Å². The lowest BCUT2D eigenvalue weighted by atomic mass is 10.3. The van der Waals surface area contributed by atoms with Crippen molar-refractivity contribution in [2.24, 2.45) is 0 Å². The zero-order chi connectivity index (χ0) is 7.56. The highest BCUT2D eigenvalue weighted by molar-refractivity contribution is 5.44. The summed E-state index contributed by atoms with van der Waals surface area (Å²) in [4.78, 5) is 13.2. The molecule has 0 aliphatic carbocycles. The van der Waals surface area contributed by atoms with E-state index in [2.05, 4.69) is 11.6 Å². The maximum Gasteiger partial charge on any atom is 0.224 e. The summed E-state index contributed by atoms with van der Waals surface area (Å²) in [5.41, 5.74) is -0.367. The van der Waals surface area contributed by atoms with Gasteiger partial charge >= 0.3 is 0 Å². The van der Waals surface area contributed by atoms with Crippen LogP contribution in [-0.4, -0.2) is 4.98 Å². The molecule has 0 aliphatic heterocycles. The van der Waals surface area contributed by atoms with Crippen molar-refractivity contribution in [3.63, 3.8) is 0 Å². The molecule has 0 unspecified atom stereocenters. The van der Waals surface area contributed by atoms with Crippen molar-refractivity contribution in [3.05, 3.63) is 40.6 Å². The molecule has 52 valence electrons. The molecular formula is C7H6FNO. The molecule has 2 nitrogen and oxygen atoms in total. The molecule has 0 aromatic carbocycles. The summed E-state index contributed by atoms with van der Waals surface area (Å²) in [5, 5.41) is 0. The minimum atomic E-state index is -0.780. The minimum Gasteiger partial charge on any atom is -0.364 e. The number of H-pyrrole nitrogens is 1. The van der Waals surface area contributed by atoms with E-state index in [1.807, 2.05) is 0 Å². The Balaban J connectivity index is 3.42. The van der Waals surface area contributed by atoms with Crippen LogP contribution < -0.4 is 5.43 Å². The van der Waals surface area contributed by atoms with E-state index in [9.17, 15) is 9.18 Å². The molecule has 1 N–H and O–H groups in total. The fourth-order valence-electron chi connectivity index (χ4n) is 0.625. The minimum absolute atomic E-state index is 0.250. The number of pyridine rings is 1. The molecule has 1 aromatic heterocycles. The third-order valence-electron chi connectivity index (χ3n) is 1.15. The number of aromatic amines is 1. The standard InChI is InChI=1S/C7H6FNO/c1-2-5-3-9-4-6(8)7(5)10/h2-4H,1H2,(H,9,10). The van der Waals surface area contributed by atoms with E-state index in [4.69, 9.17) is 0 Å². The highest BCUT2D eigenvalue weighted by Crippen LogP contribution is 1.91. The van der Waals surface area contributed by atoms with Crippen molar-refractivity contribution in [1.82, 2.24) is 4.98 Å². The van der Waals surface area contributed by atoms with E-state index in [-0.39, 0.29) is 5.56 Å². The average Bonchev–Trinajstić information content (AvgIpc) is 1.95. The first-order valence-electron chi connectivity index (χ1n) is 2.74. The van der Waals surface area contributed by atoms with Crippen molar-refractivity contribution in [1.29, 1.82) is 0 Å². The van der Waals surface area contributed by atoms with Gasteiger partial charge in [0.1, 0.15) is 0 Å². The smallest absolute Gasteiger partial charge is 0.224 e. The predicted molar refractivity (Wildman–Crippen MR) is 37.1 cm³/mol. The van der Waals surface area contributed by atoms with E-state index in [0.717, 1.165) is 6.20 Å². The number of aromatic nitrogens is 1. The third kappa shape index (κ3) is 0.978. The van der Waals surface area contributed by atoms with Crippen LogP contribution in [0.5, 0.6) is 0 Å². The van der Waals surface area contributed by atoms with Crippen LogP contribution >= 0.6 is 0 Å². The second-order valence-electron chi connectivity index (χ2n) is 1.79. The van der Waals surface area contributed by atoms with E-state index < -0.39 is 11.2 Å². The molecule has 0 radical (unpaired) electrons. The molecule has 1 heterocycles. The Morgan fingerprint density at radius 2 is 2.30 bits per heavy atom. The van der Waals surface area contributed by atoms with Gasteiger partial charge in [0.2, 0.25) is 5.43 Å². The summed E-state index contributed by atoms with van der Waals surface area (Å²) < 4.78 is 12.4. The second kappa shape index (κ2) is 2.47. The molecule has 0 aliphatic rings. The van der Waals surface area contributed by atoms with E-state index in [1.165, 1.54) is 12.3 Å². The number of halogens is 1. The van der Waals surface area contributed by atoms with Crippen LogP contribution in [0.1, 0.15) is 5.56 Å².